The van der Waals surface area contributed by atoms with Gasteiger partial charge in [-0.05, 0) is 87.7 Å². The van der Waals surface area contributed by atoms with E-state index in [1.165, 1.54) is 42.9 Å². The topological polar surface area (TPSA) is 710 Å². The van der Waals surface area contributed by atoms with Crippen molar-refractivity contribution < 1.29 is 52.2 Å². The average molecular weight is 1350 g/mol. The van der Waals surface area contributed by atoms with E-state index in [0.717, 1.165) is 4.57 Å². The first-order chi connectivity index (χ1) is 44.4. The number of anilines is 1. The van der Waals surface area contributed by atoms with E-state index in [0.29, 0.717) is 0 Å². The number of nitrogens with two attached hydrogens (primary N) is 13. The van der Waals surface area contributed by atoms with E-state index in [1.807, 2.05) is 0 Å². The number of nitrogens with one attached hydrogen (secondary N) is 7. The predicted molar refractivity (Wildman–Crippen MR) is 350 cm³/mol. The molecular weight excluding hydrogens is 1260 g/mol. The number of guanidine groups is 6. The van der Waals surface area contributed by atoms with Gasteiger partial charge in [0.2, 0.25) is 47.3 Å². The molecule has 0 aliphatic carbocycles. The van der Waals surface area contributed by atoms with Gasteiger partial charge in [-0.3, -0.25) is 72.9 Å². The van der Waals surface area contributed by atoms with Gasteiger partial charge in [0.1, 0.15) is 54.8 Å². The monoisotopic (exact) mass is 1350 g/mol. The van der Waals surface area contributed by atoms with Crippen LogP contribution in [0.15, 0.2) is 47.0 Å². The number of hydrogen-bond donors (Lipinski definition) is 20. The molecule has 43 heteroatoms. The third-order valence-electron chi connectivity index (χ3n) is 13.3. The minimum Gasteiger partial charge on any atom is -0.383 e. The maximum absolute atomic E-state index is 14.7. The minimum atomic E-state index is -2.30. The van der Waals surface area contributed by atoms with E-state index < -0.39 is 116 Å². The molecule has 1 aliphatic rings. The van der Waals surface area contributed by atoms with E-state index in [2.05, 4.69) is 72.2 Å². The number of carbonyl (C=O) groups excluding carboxylic acids is 8. The Balaban J connectivity index is 2.61. The van der Waals surface area contributed by atoms with Crippen LogP contribution in [0.25, 0.3) is 0 Å². The summed E-state index contributed by atoms with van der Waals surface area (Å²) in [4.78, 5) is 154. The Hall–Kier alpha value is -9.96. The molecule has 1 aliphatic heterocycles. The van der Waals surface area contributed by atoms with Gasteiger partial charge in [-0.2, -0.15) is 4.98 Å². The van der Waals surface area contributed by atoms with Crippen LogP contribution in [-0.4, -0.2) is 224 Å². The zero-order chi connectivity index (χ0) is 70.5. The van der Waals surface area contributed by atoms with Crippen molar-refractivity contribution in [2.45, 2.75) is 133 Å². The quantitative estimate of drug-likeness (QED) is 0.0125. The lowest BCUT2D eigenvalue weighted by Gasteiger charge is -2.37. The van der Waals surface area contributed by atoms with E-state index in [1.54, 1.807) is 0 Å². The summed E-state index contributed by atoms with van der Waals surface area (Å²) in [6, 6.07) is -7.13. The lowest BCUT2D eigenvalue weighted by atomic mass is 10.0. The number of nitrogens with zero attached hydrogens (tertiary/aromatic N) is 10. The average Bonchev–Trinajstić information content (AvgIpc) is 0.879. The normalized spacial score (nSPS) is 15.4. The highest BCUT2D eigenvalue weighted by Crippen LogP contribution is 2.27. The summed E-state index contributed by atoms with van der Waals surface area (Å²) in [5, 5.41) is 18.3. The van der Waals surface area contributed by atoms with Crippen LogP contribution in [0.1, 0.15) is 90.2 Å². The van der Waals surface area contributed by atoms with E-state index >= 15 is 0 Å². The third-order valence-corrected chi connectivity index (χ3v) is 14.3. The molecule has 94 heavy (non-hydrogen) atoms. The second-order valence-corrected chi connectivity index (χ2v) is 22.9. The highest BCUT2D eigenvalue weighted by atomic mass is 31.1. The van der Waals surface area contributed by atoms with Crippen LogP contribution in [0.4, 0.5) is 5.82 Å². The number of nitrogen functional groups attached to an aromatic ring is 1. The summed E-state index contributed by atoms with van der Waals surface area (Å²) in [6.45, 7) is -0.0996. The molecular formula is C51H96N30O12P+. The smallest absolute Gasteiger partial charge is 0.383 e. The van der Waals surface area contributed by atoms with Crippen LogP contribution in [0.5, 0.6) is 0 Å². The highest BCUT2D eigenvalue weighted by molar-refractivity contribution is 7.36. The molecule has 0 aromatic carbocycles. The lowest BCUT2D eigenvalue weighted by Crippen LogP contribution is -2.60. The molecule has 1 saturated heterocycles. The fourth-order valence-electron chi connectivity index (χ4n) is 8.81. The van der Waals surface area contributed by atoms with Crippen molar-refractivity contribution >= 4 is 97.0 Å². The molecule has 1 aromatic rings. The van der Waals surface area contributed by atoms with Crippen LogP contribution in [-0.2, 0) is 52.2 Å². The Morgan fingerprint density at radius 3 is 1.17 bits per heavy atom. The molecule has 1 fully saturated rings. The van der Waals surface area contributed by atoms with Gasteiger partial charge >= 0.3 is 13.9 Å². The third kappa shape index (κ3) is 33.4. The first kappa shape index (κ1) is 80.1. The molecule has 33 N–H and O–H groups in total. The molecule has 0 bridgehead atoms. The number of aromatic nitrogens is 2. The number of rotatable bonds is 43. The molecule has 526 valence electrons. The predicted octanol–water partition coefficient (Wildman–Crippen LogP) is -9.85. The van der Waals surface area contributed by atoms with Crippen LogP contribution in [0.3, 0.4) is 0 Å². The second kappa shape index (κ2) is 43.0. The number of carbonyl (C=O) groups is 8. The number of morpholine rings is 1. The van der Waals surface area contributed by atoms with Crippen LogP contribution in [0, 0.1) is 0 Å². The Kier molecular flexibility index (Phi) is 36.6. The molecule has 42 nitrogen and oxygen atoms in total. The van der Waals surface area contributed by atoms with E-state index in [9.17, 15) is 47.7 Å². The molecule has 8 amide bonds. The summed E-state index contributed by atoms with van der Waals surface area (Å²) >= 11 is 0. The zero-order valence-corrected chi connectivity index (χ0v) is 54.0. The first-order valence-corrected chi connectivity index (χ1v) is 30.9. The molecule has 0 saturated carbocycles. The minimum absolute atomic E-state index is 0.00943. The summed E-state index contributed by atoms with van der Waals surface area (Å²) in [5.41, 5.74) is 71.4. The molecule has 2 rings (SSSR count). The Bertz CT molecular complexity index is 2920. The summed E-state index contributed by atoms with van der Waals surface area (Å²) in [7, 11) is 0.749. The van der Waals surface area contributed by atoms with Gasteiger partial charge in [0.05, 0.1) is 13.1 Å². The van der Waals surface area contributed by atoms with Gasteiger partial charge < -0.3 is 121 Å². The molecule has 9 atom stereocenters. The standard InChI is InChI=1S/C51H95N30O12P/c1-28(82)72-31(11-5-18-66-46(55)56)40(85)74-33(13-7-20-68-48(59)60)42(87)76-35(15-9-22-70-50(63)64)44(89)77-34(14-8-21-69-49(61)62)43(88)75-32(12-6-19-67-47(57)58)41(86)73-30(10-4-17-65-45(53)54)39(84)71-24-37(83)80-25-29(27-92-94(91)79(2)3)93-38(26-80)81-23-16-36(52)78-51(81)90/h16,23,29-35,38H,4-15,17-22,24-27H2,1-3H3,(H32-,52,53,54,55,56,57,58,59,60,61,62,63,64,65,66,67,68,69,70,71,72,73,74,75,76,77,78,82,84,85,86,87,88,89,90)/p+1/t29-,30-,31-,32-,33-,34-,35-,38+/m0/s1. The number of aliphatic imine (C=N–C) groups is 6. The van der Waals surface area contributed by atoms with E-state index in [4.69, 9.17) is 83.8 Å². The number of ether oxygens (including phenoxy) is 1. The van der Waals surface area contributed by atoms with Crippen molar-refractivity contribution in [2.75, 3.05) is 85.3 Å². The number of amides is 8. The van der Waals surface area contributed by atoms with Crippen molar-refractivity contribution in [2.24, 2.45) is 98.8 Å². The van der Waals surface area contributed by atoms with Gasteiger partial charge in [0, 0.05) is 73.0 Å². The van der Waals surface area contributed by atoms with E-state index in [-0.39, 0.29) is 178 Å². The summed E-state index contributed by atoms with van der Waals surface area (Å²) in [6.07, 6.45) is -0.825. The zero-order valence-electron chi connectivity index (χ0n) is 53.2. The van der Waals surface area contributed by atoms with Crippen LogP contribution < -0.4 is 117 Å². The van der Waals surface area contributed by atoms with Gasteiger partial charge in [0.15, 0.2) is 42.0 Å². The number of hydrogen-bond acceptors (Lipinski definition) is 20. The maximum Gasteiger partial charge on any atom is 0.615 e. The SMILES string of the molecule is CC(=O)N[C@@H](CCCN=C(N)N)C(=O)N[C@@H](CCCN=C(N)N)C(=O)N[C@@H](CCCN=C(N)N)C(=O)N[C@@H](CCCN=C(N)N)C(=O)N[C@@H](CCCN=C(N)N)C(=O)N[C@@H](CCCN=C(N)N)C(=O)NCC(=O)N1C[C@@H](CO[P+](=O)N(C)C)O[C@@H](n2ccc(N)nc2=O)C1. The van der Waals surface area contributed by atoms with Crippen LogP contribution in [0.2, 0.25) is 0 Å². The van der Waals surface area contributed by atoms with Gasteiger partial charge in [0.25, 0.3) is 0 Å². The highest BCUT2D eigenvalue weighted by Gasteiger charge is 2.37. The van der Waals surface area contributed by atoms with Crippen molar-refractivity contribution in [3.63, 3.8) is 0 Å². The molecule has 2 heterocycles. The van der Waals surface area contributed by atoms with Gasteiger partial charge in [-0.1, -0.05) is 4.67 Å². The van der Waals surface area contributed by atoms with Crippen molar-refractivity contribution in [1.29, 1.82) is 0 Å². The Labute approximate surface area is 543 Å². The molecule has 0 radical (unpaired) electrons. The fraction of sp³-hybridized carbons (Fsp3) is 0.647. The first-order valence-electron chi connectivity index (χ1n) is 29.8. The Morgan fingerprint density at radius 1 is 0.553 bits per heavy atom. The summed E-state index contributed by atoms with van der Waals surface area (Å²) in [5.74, 6) is -8.17. The van der Waals surface area contributed by atoms with Gasteiger partial charge in [-0.25, -0.2) is 4.79 Å². The van der Waals surface area contributed by atoms with Crippen LogP contribution >= 0.6 is 8.18 Å². The fourth-order valence-corrected chi connectivity index (χ4v) is 9.34. The Morgan fingerprint density at radius 2 is 0.872 bits per heavy atom. The molecule has 1 aromatic heterocycles. The van der Waals surface area contributed by atoms with Crippen molar-refractivity contribution in [1.82, 2.24) is 56.3 Å². The van der Waals surface area contributed by atoms with Gasteiger partial charge in [-0.15, -0.1) is 4.52 Å². The molecule has 0 spiro atoms. The maximum atomic E-state index is 14.7. The lowest BCUT2D eigenvalue weighted by molar-refractivity contribution is -0.158. The summed E-state index contributed by atoms with van der Waals surface area (Å²) < 4.78 is 26.4. The largest absolute Gasteiger partial charge is 0.615 e. The van der Waals surface area contributed by atoms with Crippen molar-refractivity contribution in [3.05, 3.63) is 22.7 Å². The van der Waals surface area contributed by atoms with Crippen molar-refractivity contribution in [3.8, 4) is 0 Å². The second-order valence-electron chi connectivity index (χ2n) is 21.4. The molecule has 1 unspecified atom stereocenters.